The fourth-order valence-corrected chi connectivity index (χ4v) is 1.71. The first-order valence-corrected chi connectivity index (χ1v) is 6.74. The topological polar surface area (TPSA) is 78.4 Å². The molecule has 1 aromatic rings. The fourth-order valence-electron chi connectivity index (χ4n) is 1.71. The highest BCUT2D eigenvalue weighted by Gasteiger charge is 2.11. The quantitative estimate of drug-likeness (QED) is 0.731. The second-order valence-electron chi connectivity index (χ2n) is 5.02. The number of carbonyl (C=O) groups excluding carboxylic acids is 2. The molecule has 2 amide bonds. The van der Waals surface area contributed by atoms with Gasteiger partial charge in [0.25, 0.3) is 11.8 Å². The molecule has 1 unspecified atom stereocenters. The second-order valence-corrected chi connectivity index (χ2v) is 5.02. The third-order valence-electron chi connectivity index (χ3n) is 3.11. The van der Waals surface area contributed by atoms with Crippen LogP contribution in [-0.4, -0.2) is 36.6 Å². The zero-order valence-electron chi connectivity index (χ0n) is 12.1. The molecule has 20 heavy (non-hydrogen) atoms. The molecular formula is C15H22N2O3. The maximum atomic E-state index is 11.9. The minimum absolute atomic E-state index is 0.170. The Hall–Kier alpha value is -1.88. The second kappa shape index (κ2) is 7.65. The van der Waals surface area contributed by atoms with Crippen molar-refractivity contribution in [3.63, 3.8) is 0 Å². The SMILES string of the molecule is CNC(=O)c1cccc(C(=O)NCCC(O)C(C)C)c1. The van der Waals surface area contributed by atoms with Crippen molar-refractivity contribution in [3.05, 3.63) is 35.4 Å². The molecular weight excluding hydrogens is 256 g/mol. The number of aliphatic hydroxyl groups is 1. The molecule has 0 spiro atoms. The zero-order valence-corrected chi connectivity index (χ0v) is 12.1. The van der Waals surface area contributed by atoms with Gasteiger partial charge in [0, 0.05) is 24.7 Å². The van der Waals surface area contributed by atoms with E-state index < -0.39 is 6.10 Å². The minimum atomic E-state index is -0.424. The van der Waals surface area contributed by atoms with Crippen LogP contribution in [0.3, 0.4) is 0 Å². The highest BCUT2D eigenvalue weighted by Crippen LogP contribution is 2.07. The third-order valence-corrected chi connectivity index (χ3v) is 3.11. The molecule has 5 heteroatoms. The Bertz CT molecular complexity index is 472. The van der Waals surface area contributed by atoms with Gasteiger partial charge >= 0.3 is 0 Å². The highest BCUT2D eigenvalue weighted by atomic mass is 16.3. The summed E-state index contributed by atoms with van der Waals surface area (Å²) < 4.78 is 0. The summed E-state index contributed by atoms with van der Waals surface area (Å²) in [6.45, 7) is 4.26. The van der Waals surface area contributed by atoms with E-state index >= 15 is 0 Å². The maximum absolute atomic E-state index is 11.9. The molecule has 0 saturated heterocycles. The Labute approximate surface area is 119 Å². The van der Waals surface area contributed by atoms with Crippen LogP contribution in [0.1, 0.15) is 41.0 Å². The highest BCUT2D eigenvalue weighted by molar-refractivity contribution is 5.99. The first-order valence-electron chi connectivity index (χ1n) is 6.74. The Morgan fingerprint density at radius 3 is 2.35 bits per heavy atom. The van der Waals surface area contributed by atoms with Gasteiger partial charge in [0.05, 0.1) is 6.10 Å². The number of benzene rings is 1. The van der Waals surface area contributed by atoms with Crippen molar-refractivity contribution in [2.24, 2.45) is 5.92 Å². The number of nitrogens with one attached hydrogen (secondary N) is 2. The summed E-state index contributed by atoms with van der Waals surface area (Å²) in [5.41, 5.74) is 0.882. The normalized spacial score (nSPS) is 12.1. The lowest BCUT2D eigenvalue weighted by molar-refractivity contribution is 0.0920. The van der Waals surface area contributed by atoms with Crippen molar-refractivity contribution in [2.45, 2.75) is 26.4 Å². The maximum Gasteiger partial charge on any atom is 0.251 e. The molecule has 0 aliphatic heterocycles. The van der Waals surface area contributed by atoms with Crippen LogP contribution < -0.4 is 10.6 Å². The van der Waals surface area contributed by atoms with Gasteiger partial charge in [0.1, 0.15) is 0 Å². The van der Waals surface area contributed by atoms with Crippen LogP contribution in [0.4, 0.5) is 0 Å². The van der Waals surface area contributed by atoms with Crippen molar-refractivity contribution in [2.75, 3.05) is 13.6 Å². The molecule has 0 heterocycles. The summed E-state index contributed by atoms with van der Waals surface area (Å²) in [7, 11) is 1.54. The summed E-state index contributed by atoms with van der Waals surface area (Å²) in [4.78, 5) is 23.4. The van der Waals surface area contributed by atoms with Crippen LogP contribution in [-0.2, 0) is 0 Å². The average molecular weight is 278 g/mol. The Balaban J connectivity index is 2.57. The van der Waals surface area contributed by atoms with E-state index in [9.17, 15) is 14.7 Å². The molecule has 0 aromatic heterocycles. The molecule has 1 rings (SSSR count). The van der Waals surface area contributed by atoms with Crippen LogP contribution in [0.15, 0.2) is 24.3 Å². The van der Waals surface area contributed by atoms with Gasteiger partial charge in [-0.3, -0.25) is 9.59 Å². The van der Waals surface area contributed by atoms with Crippen molar-refractivity contribution in [1.29, 1.82) is 0 Å². The molecule has 0 bridgehead atoms. The number of rotatable bonds is 6. The van der Waals surface area contributed by atoms with Gasteiger partial charge < -0.3 is 15.7 Å². The standard InChI is InChI=1S/C15H22N2O3/c1-10(2)13(18)7-8-17-15(20)12-6-4-5-11(9-12)14(19)16-3/h4-6,9-10,13,18H,7-8H2,1-3H3,(H,16,19)(H,17,20). The molecule has 5 nitrogen and oxygen atoms in total. The predicted molar refractivity (Wildman–Crippen MR) is 77.6 cm³/mol. The van der Waals surface area contributed by atoms with E-state index in [1.54, 1.807) is 31.3 Å². The Kier molecular flexibility index (Phi) is 6.18. The molecule has 110 valence electrons. The molecule has 0 saturated carbocycles. The molecule has 0 aliphatic carbocycles. The van der Waals surface area contributed by atoms with E-state index in [1.165, 1.54) is 0 Å². The van der Waals surface area contributed by atoms with Crippen molar-refractivity contribution >= 4 is 11.8 Å². The van der Waals surface area contributed by atoms with Crippen molar-refractivity contribution < 1.29 is 14.7 Å². The fraction of sp³-hybridized carbons (Fsp3) is 0.467. The number of hydrogen-bond acceptors (Lipinski definition) is 3. The van der Waals surface area contributed by atoms with Crippen LogP contribution in [0.5, 0.6) is 0 Å². The van der Waals surface area contributed by atoms with Crippen molar-refractivity contribution in [1.82, 2.24) is 10.6 Å². The first kappa shape index (κ1) is 16.2. The first-order chi connectivity index (χ1) is 9.45. The van der Waals surface area contributed by atoms with E-state index in [-0.39, 0.29) is 17.7 Å². The van der Waals surface area contributed by atoms with Gasteiger partial charge in [0.2, 0.25) is 0 Å². The van der Waals surface area contributed by atoms with Gasteiger partial charge in [0.15, 0.2) is 0 Å². The van der Waals surface area contributed by atoms with E-state index in [1.807, 2.05) is 13.8 Å². The van der Waals surface area contributed by atoms with Crippen LogP contribution in [0.2, 0.25) is 0 Å². The lowest BCUT2D eigenvalue weighted by Gasteiger charge is -2.14. The van der Waals surface area contributed by atoms with E-state index in [0.717, 1.165) is 0 Å². The number of amides is 2. The molecule has 0 radical (unpaired) electrons. The molecule has 1 aromatic carbocycles. The molecule has 0 aliphatic rings. The monoisotopic (exact) mass is 278 g/mol. The van der Waals surface area contributed by atoms with Gasteiger partial charge in [-0.25, -0.2) is 0 Å². The Morgan fingerprint density at radius 2 is 1.80 bits per heavy atom. The number of aliphatic hydroxyl groups excluding tert-OH is 1. The summed E-state index contributed by atoms with van der Waals surface area (Å²) in [6.07, 6.45) is 0.0888. The van der Waals surface area contributed by atoms with Crippen LogP contribution in [0.25, 0.3) is 0 Å². The summed E-state index contributed by atoms with van der Waals surface area (Å²) in [6, 6.07) is 6.52. The van der Waals surface area contributed by atoms with E-state index in [2.05, 4.69) is 10.6 Å². The largest absolute Gasteiger partial charge is 0.393 e. The molecule has 1 atom stereocenters. The summed E-state index contributed by atoms with van der Waals surface area (Å²) in [5.74, 6) is -0.301. The van der Waals surface area contributed by atoms with Gasteiger partial charge in [-0.1, -0.05) is 19.9 Å². The van der Waals surface area contributed by atoms with Crippen LogP contribution >= 0.6 is 0 Å². The smallest absolute Gasteiger partial charge is 0.251 e. The Morgan fingerprint density at radius 1 is 1.20 bits per heavy atom. The van der Waals surface area contributed by atoms with E-state index in [4.69, 9.17) is 0 Å². The predicted octanol–water partition coefficient (Wildman–Crippen LogP) is 1.18. The molecule has 3 N–H and O–H groups in total. The lowest BCUT2D eigenvalue weighted by atomic mass is 10.0. The number of hydrogen-bond donors (Lipinski definition) is 3. The number of carbonyl (C=O) groups is 2. The summed E-state index contributed by atoms with van der Waals surface area (Å²) in [5, 5.41) is 14.9. The van der Waals surface area contributed by atoms with Gasteiger partial charge in [-0.05, 0) is 30.5 Å². The lowest BCUT2D eigenvalue weighted by Crippen LogP contribution is -2.29. The van der Waals surface area contributed by atoms with Crippen LogP contribution in [0, 0.1) is 5.92 Å². The zero-order chi connectivity index (χ0) is 15.1. The third kappa shape index (κ3) is 4.66. The average Bonchev–Trinajstić information content (AvgIpc) is 2.46. The van der Waals surface area contributed by atoms with Gasteiger partial charge in [-0.2, -0.15) is 0 Å². The van der Waals surface area contributed by atoms with Crippen molar-refractivity contribution in [3.8, 4) is 0 Å². The molecule has 0 fully saturated rings. The summed E-state index contributed by atoms with van der Waals surface area (Å²) >= 11 is 0. The minimum Gasteiger partial charge on any atom is -0.393 e. The van der Waals surface area contributed by atoms with E-state index in [0.29, 0.717) is 24.1 Å². The van der Waals surface area contributed by atoms with Gasteiger partial charge in [-0.15, -0.1) is 0 Å².